The van der Waals surface area contributed by atoms with Gasteiger partial charge in [-0.05, 0) is 24.1 Å². The second kappa shape index (κ2) is 7.98. The van der Waals surface area contributed by atoms with E-state index in [1.165, 1.54) is 0 Å². The average molecular weight is 340 g/mol. The maximum atomic E-state index is 10.4. The molecule has 1 fully saturated rings. The number of piperazine rings is 1. The van der Waals surface area contributed by atoms with E-state index in [0.717, 1.165) is 49.7 Å². The van der Waals surface area contributed by atoms with E-state index in [-0.39, 0.29) is 5.75 Å². The van der Waals surface area contributed by atoms with Crippen LogP contribution in [0.4, 0.5) is 5.95 Å². The number of allylic oxidation sites excluding steroid dienone is 1. The van der Waals surface area contributed by atoms with Gasteiger partial charge in [0.25, 0.3) is 0 Å². The largest absolute Gasteiger partial charge is 0.504 e. The highest BCUT2D eigenvalue weighted by molar-refractivity contribution is 5.49. The Kier molecular flexibility index (Phi) is 5.50. The summed E-state index contributed by atoms with van der Waals surface area (Å²) in [6, 6.07) is 5.73. The molecule has 132 valence electrons. The summed E-state index contributed by atoms with van der Waals surface area (Å²) in [5.74, 6) is 1.52. The Morgan fingerprint density at radius 3 is 2.56 bits per heavy atom. The molecule has 1 aromatic heterocycles. The van der Waals surface area contributed by atoms with Crippen molar-refractivity contribution in [2.75, 3.05) is 38.2 Å². The summed E-state index contributed by atoms with van der Waals surface area (Å²) in [7, 11) is 1.58. The van der Waals surface area contributed by atoms with E-state index in [0.29, 0.717) is 12.3 Å². The molecule has 0 bridgehead atoms. The van der Waals surface area contributed by atoms with E-state index in [1.807, 2.05) is 24.3 Å². The first-order valence-corrected chi connectivity index (χ1v) is 8.45. The fourth-order valence-corrected chi connectivity index (χ4v) is 3.09. The van der Waals surface area contributed by atoms with E-state index in [4.69, 9.17) is 4.74 Å². The van der Waals surface area contributed by atoms with Crippen LogP contribution in [0.2, 0.25) is 0 Å². The number of nitrogens with zero attached hydrogens (tertiary/aromatic N) is 4. The maximum absolute atomic E-state index is 10.4. The minimum absolute atomic E-state index is 0.226. The quantitative estimate of drug-likeness (QED) is 0.814. The molecule has 0 amide bonds. The molecule has 6 nitrogen and oxygen atoms in total. The third-order valence-electron chi connectivity index (χ3n) is 4.41. The molecule has 1 aliphatic rings. The van der Waals surface area contributed by atoms with Crippen molar-refractivity contribution in [3.63, 3.8) is 0 Å². The molecule has 0 radical (unpaired) electrons. The van der Waals surface area contributed by atoms with Crippen LogP contribution in [0.25, 0.3) is 0 Å². The number of ether oxygens (including phenoxy) is 1. The lowest BCUT2D eigenvalue weighted by Gasteiger charge is -2.34. The molecule has 0 aliphatic carbocycles. The number of rotatable bonds is 6. The highest BCUT2D eigenvalue weighted by atomic mass is 16.5. The van der Waals surface area contributed by atoms with Gasteiger partial charge in [0.05, 0.1) is 7.11 Å². The van der Waals surface area contributed by atoms with E-state index < -0.39 is 0 Å². The van der Waals surface area contributed by atoms with Crippen LogP contribution in [-0.2, 0) is 13.0 Å². The molecule has 1 N–H and O–H groups in total. The van der Waals surface area contributed by atoms with Crippen molar-refractivity contribution in [2.24, 2.45) is 0 Å². The molecule has 25 heavy (non-hydrogen) atoms. The van der Waals surface area contributed by atoms with Crippen LogP contribution in [0.15, 0.2) is 43.2 Å². The number of anilines is 1. The number of hydrogen-bond donors (Lipinski definition) is 1. The Bertz CT molecular complexity index is 713. The fraction of sp³-hybridized carbons (Fsp3) is 0.368. The van der Waals surface area contributed by atoms with Gasteiger partial charge in [-0.15, -0.1) is 6.58 Å². The average Bonchev–Trinajstić information content (AvgIpc) is 2.66. The zero-order valence-electron chi connectivity index (χ0n) is 14.6. The second-order valence-corrected chi connectivity index (χ2v) is 6.11. The Labute approximate surface area is 148 Å². The van der Waals surface area contributed by atoms with Crippen molar-refractivity contribution in [3.8, 4) is 11.5 Å². The van der Waals surface area contributed by atoms with Gasteiger partial charge in [-0.1, -0.05) is 12.1 Å². The molecule has 2 aromatic rings. The normalized spacial score (nSPS) is 15.2. The molecular weight excluding hydrogens is 316 g/mol. The van der Waals surface area contributed by atoms with Gasteiger partial charge in [-0.2, -0.15) is 0 Å². The van der Waals surface area contributed by atoms with Gasteiger partial charge in [-0.3, -0.25) is 4.90 Å². The van der Waals surface area contributed by atoms with Crippen LogP contribution in [0, 0.1) is 0 Å². The van der Waals surface area contributed by atoms with Gasteiger partial charge < -0.3 is 14.7 Å². The topological polar surface area (TPSA) is 61.7 Å². The first-order valence-electron chi connectivity index (χ1n) is 8.45. The van der Waals surface area contributed by atoms with Gasteiger partial charge in [0.15, 0.2) is 11.5 Å². The zero-order valence-corrected chi connectivity index (χ0v) is 14.6. The minimum atomic E-state index is 0.226. The number of methoxy groups -OCH3 is 1. The van der Waals surface area contributed by atoms with E-state index >= 15 is 0 Å². The molecule has 0 unspecified atom stereocenters. The monoisotopic (exact) mass is 340 g/mol. The summed E-state index contributed by atoms with van der Waals surface area (Å²) >= 11 is 0. The molecule has 0 saturated carbocycles. The van der Waals surface area contributed by atoms with Crippen LogP contribution >= 0.6 is 0 Å². The SMILES string of the molecule is C=CCc1cc(CN2CCN(c3ncccn3)CC2)c(O)c(OC)c1. The summed E-state index contributed by atoms with van der Waals surface area (Å²) in [5.41, 5.74) is 1.98. The number of hydrogen-bond acceptors (Lipinski definition) is 6. The molecule has 1 aliphatic heterocycles. The molecule has 1 saturated heterocycles. The fourth-order valence-electron chi connectivity index (χ4n) is 3.09. The third-order valence-corrected chi connectivity index (χ3v) is 4.41. The molecule has 0 atom stereocenters. The summed E-state index contributed by atoms with van der Waals surface area (Å²) in [6.45, 7) is 8.00. The van der Waals surface area contributed by atoms with Gasteiger partial charge >= 0.3 is 0 Å². The van der Waals surface area contributed by atoms with Crippen LogP contribution < -0.4 is 9.64 Å². The van der Waals surface area contributed by atoms with Crippen molar-refractivity contribution < 1.29 is 9.84 Å². The van der Waals surface area contributed by atoms with Crippen molar-refractivity contribution in [1.82, 2.24) is 14.9 Å². The van der Waals surface area contributed by atoms with Crippen LogP contribution in [-0.4, -0.2) is 53.3 Å². The number of aromatic hydroxyl groups is 1. The Morgan fingerprint density at radius 2 is 1.92 bits per heavy atom. The lowest BCUT2D eigenvalue weighted by molar-refractivity contribution is 0.244. The number of benzene rings is 1. The Morgan fingerprint density at radius 1 is 1.20 bits per heavy atom. The molecule has 1 aromatic carbocycles. The Hall–Kier alpha value is -2.60. The zero-order chi connectivity index (χ0) is 17.6. The van der Waals surface area contributed by atoms with Gasteiger partial charge in [0.2, 0.25) is 5.95 Å². The summed E-state index contributed by atoms with van der Waals surface area (Å²) in [4.78, 5) is 13.1. The minimum Gasteiger partial charge on any atom is -0.504 e. The predicted molar refractivity (Wildman–Crippen MR) is 98.1 cm³/mol. The van der Waals surface area contributed by atoms with Crippen molar-refractivity contribution in [2.45, 2.75) is 13.0 Å². The van der Waals surface area contributed by atoms with Gasteiger partial charge in [0, 0.05) is 50.7 Å². The highest BCUT2D eigenvalue weighted by Gasteiger charge is 2.20. The van der Waals surface area contributed by atoms with Crippen molar-refractivity contribution >= 4 is 5.95 Å². The lowest BCUT2D eigenvalue weighted by Crippen LogP contribution is -2.46. The van der Waals surface area contributed by atoms with Crippen molar-refractivity contribution in [1.29, 1.82) is 0 Å². The molecule has 6 heteroatoms. The van der Waals surface area contributed by atoms with Crippen LogP contribution in [0.3, 0.4) is 0 Å². The molecule has 0 spiro atoms. The smallest absolute Gasteiger partial charge is 0.225 e. The van der Waals surface area contributed by atoms with Crippen LogP contribution in [0.5, 0.6) is 11.5 Å². The first kappa shape index (κ1) is 17.2. The number of phenolic OH excluding ortho intramolecular Hbond substituents is 1. The standard InChI is InChI=1S/C19H24N4O2/c1-3-5-15-12-16(18(24)17(13-15)25-2)14-22-8-10-23(11-9-22)19-20-6-4-7-21-19/h3-4,6-7,12-13,24H,1,5,8-11,14H2,2H3. The number of phenols is 1. The summed E-state index contributed by atoms with van der Waals surface area (Å²) < 4.78 is 5.31. The summed E-state index contributed by atoms with van der Waals surface area (Å²) in [5, 5.41) is 10.4. The van der Waals surface area contributed by atoms with E-state index in [2.05, 4.69) is 26.3 Å². The first-order chi connectivity index (χ1) is 12.2. The van der Waals surface area contributed by atoms with Crippen molar-refractivity contribution in [3.05, 3.63) is 54.4 Å². The second-order valence-electron chi connectivity index (χ2n) is 6.11. The molecular formula is C19H24N4O2. The van der Waals surface area contributed by atoms with Gasteiger partial charge in [-0.25, -0.2) is 9.97 Å². The maximum Gasteiger partial charge on any atom is 0.225 e. The van der Waals surface area contributed by atoms with E-state index in [1.54, 1.807) is 19.5 Å². The summed E-state index contributed by atoms with van der Waals surface area (Å²) in [6.07, 6.45) is 6.14. The lowest BCUT2D eigenvalue weighted by atomic mass is 10.1. The third kappa shape index (κ3) is 4.09. The van der Waals surface area contributed by atoms with E-state index in [9.17, 15) is 5.11 Å². The van der Waals surface area contributed by atoms with Crippen LogP contribution in [0.1, 0.15) is 11.1 Å². The Balaban J connectivity index is 1.67. The molecule has 3 rings (SSSR count). The van der Waals surface area contributed by atoms with Gasteiger partial charge in [0.1, 0.15) is 0 Å². The number of aromatic nitrogens is 2. The molecule has 2 heterocycles. The highest BCUT2D eigenvalue weighted by Crippen LogP contribution is 2.33. The predicted octanol–water partition coefficient (Wildman–Crippen LogP) is 2.24.